The summed E-state index contributed by atoms with van der Waals surface area (Å²) in [5, 5.41) is 22.2. The molecule has 2 rings (SSSR count). The van der Waals surface area contributed by atoms with Gasteiger partial charge in [-0.2, -0.15) is 5.26 Å². The third-order valence-electron chi connectivity index (χ3n) is 4.18. The molecule has 0 aliphatic heterocycles. The summed E-state index contributed by atoms with van der Waals surface area (Å²) in [5.41, 5.74) is 1.74. The fraction of sp³-hybridized carbons (Fsp3) is 0.533. The number of aliphatic hydroxyl groups is 1. The molecule has 0 heterocycles. The summed E-state index contributed by atoms with van der Waals surface area (Å²) < 4.78 is 0. The summed E-state index contributed by atoms with van der Waals surface area (Å²) in [7, 11) is 0. The van der Waals surface area contributed by atoms with Gasteiger partial charge in [-0.25, -0.2) is 0 Å². The number of hydrogen-bond donors (Lipinski definition) is 2. The van der Waals surface area contributed by atoms with Gasteiger partial charge in [0, 0.05) is 17.5 Å². The van der Waals surface area contributed by atoms with Crippen molar-refractivity contribution in [1.82, 2.24) is 5.32 Å². The summed E-state index contributed by atoms with van der Waals surface area (Å²) >= 11 is 0. The second-order valence-electron chi connectivity index (χ2n) is 5.75. The van der Waals surface area contributed by atoms with E-state index in [-0.39, 0.29) is 17.6 Å². The Morgan fingerprint density at radius 1 is 1.50 bits per heavy atom. The highest BCUT2D eigenvalue weighted by Crippen LogP contribution is 2.41. The summed E-state index contributed by atoms with van der Waals surface area (Å²) in [6.45, 7) is 6.26. The Bertz CT molecular complexity index is 476. The number of aliphatic hydroxyl groups excluding tert-OH is 1. The van der Waals surface area contributed by atoms with E-state index in [0.29, 0.717) is 11.6 Å². The Morgan fingerprint density at radius 3 is 2.78 bits per heavy atom. The van der Waals surface area contributed by atoms with Crippen molar-refractivity contribution in [2.24, 2.45) is 5.41 Å². The van der Waals surface area contributed by atoms with Crippen LogP contribution in [0.25, 0.3) is 0 Å². The van der Waals surface area contributed by atoms with Crippen LogP contribution in [0, 0.1) is 16.7 Å². The Hall–Kier alpha value is -1.37. The standard InChI is InChI=1S/C15H20N2O/c1-10(12-6-4-5-11(7-12)9-16)17-13-8-14(18)15(13,2)3/h4-7,10,13-14,17-18H,8H2,1-3H3. The quantitative estimate of drug-likeness (QED) is 0.858. The molecule has 2 N–H and O–H groups in total. The maximum absolute atomic E-state index is 9.73. The van der Waals surface area contributed by atoms with Crippen LogP contribution in [0.15, 0.2) is 24.3 Å². The van der Waals surface area contributed by atoms with Crippen molar-refractivity contribution in [3.8, 4) is 6.07 Å². The Morgan fingerprint density at radius 2 is 2.22 bits per heavy atom. The molecule has 18 heavy (non-hydrogen) atoms. The molecule has 1 aromatic rings. The number of hydrogen-bond acceptors (Lipinski definition) is 3. The predicted octanol–water partition coefficient (Wildman–Crippen LogP) is 2.37. The van der Waals surface area contributed by atoms with E-state index in [9.17, 15) is 5.11 Å². The monoisotopic (exact) mass is 244 g/mol. The van der Waals surface area contributed by atoms with Gasteiger partial charge in [0.2, 0.25) is 0 Å². The van der Waals surface area contributed by atoms with Gasteiger partial charge in [-0.05, 0) is 31.0 Å². The van der Waals surface area contributed by atoms with E-state index in [1.807, 2.05) is 24.3 Å². The molecule has 1 aliphatic rings. The molecule has 0 saturated heterocycles. The molecule has 1 fully saturated rings. The van der Waals surface area contributed by atoms with Crippen molar-refractivity contribution < 1.29 is 5.11 Å². The minimum Gasteiger partial charge on any atom is -0.392 e. The number of nitrogens with one attached hydrogen (secondary N) is 1. The number of rotatable bonds is 3. The maximum Gasteiger partial charge on any atom is 0.0991 e. The Kier molecular flexibility index (Phi) is 3.43. The van der Waals surface area contributed by atoms with Crippen LogP contribution in [0.2, 0.25) is 0 Å². The molecule has 0 amide bonds. The summed E-state index contributed by atoms with van der Waals surface area (Å²) in [6.07, 6.45) is 0.586. The van der Waals surface area contributed by atoms with Gasteiger partial charge < -0.3 is 10.4 Å². The van der Waals surface area contributed by atoms with E-state index in [0.717, 1.165) is 12.0 Å². The molecule has 1 aromatic carbocycles. The highest BCUT2D eigenvalue weighted by molar-refractivity contribution is 5.34. The summed E-state index contributed by atoms with van der Waals surface area (Å²) in [5.74, 6) is 0. The molecule has 3 heteroatoms. The van der Waals surface area contributed by atoms with Gasteiger partial charge >= 0.3 is 0 Å². The first-order valence-corrected chi connectivity index (χ1v) is 6.39. The average molecular weight is 244 g/mol. The Balaban J connectivity index is 2.04. The lowest BCUT2D eigenvalue weighted by atomic mass is 9.64. The molecule has 96 valence electrons. The molecule has 3 unspecified atom stereocenters. The van der Waals surface area contributed by atoms with Crippen molar-refractivity contribution in [1.29, 1.82) is 5.26 Å². The first-order valence-electron chi connectivity index (χ1n) is 6.39. The number of nitriles is 1. The molecule has 3 nitrogen and oxygen atoms in total. The van der Waals surface area contributed by atoms with Gasteiger partial charge in [0.1, 0.15) is 0 Å². The van der Waals surface area contributed by atoms with E-state index >= 15 is 0 Å². The normalized spacial score (nSPS) is 27.1. The van der Waals surface area contributed by atoms with Gasteiger partial charge in [-0.3, -0.25) is 0 Å². The van der Waals surface area contributed by atoms with E-state index in [4.69, 9.17) is 5.26 Å². The summed E-state index contributed by atoms with van der Waals surface area (Å²) in [6, 6.07) is 10.3. The van der Waals surface area contributed by atoms with Gasteiger partial charge in [0.05, 0.1) is 17.7 Å². The van der Waals surface area contributed by atoms with Crippen LogP contribution in [0.4, 0.5) is 0 Å². The second-order valence-corrected chi connectivity index (χ2v) is 5.75. The molecule has 0 spiro atoms. The lowest BCUT2D eigenvalue weighted by Gasteiger charge is -2.50. The van der Waals surface area contributed by atoms with E-state index in [1.165, 1.54) is 0 Å². The van der Waals surface area contributed by atoms with Crippen LogP contribution in [-0.2, 0) is 0 Å². The van der Waals surface area contributed by atoms with Crippen molar-refractivity contribution in [3.05, 3.63) is 35.4 Å². The average Bonchev–Trinajstić information content (AvgIpc) is 2.38. The van der Waals surface area contributed by atoms with Crippen LogP contribution < -0.4 is 5.32 Å². The van der Waals surface area contributed by atoms with Crippen LogP contribution >= 0.6 is 0 Å². The lowest BCUT2D eigenvalue weighted by Crippen LogP contribution is -2.60. The minimum absolute atomic E-state index is 0.0684. The van der Waals surface area contributed by atoms with Crippen molar-refractivity contribution in [3.63, 3.8) is 0 Å². The number of nitrogens with zero attached hydrogens (tertiary/aromatic N) is 1. The second kappa shape index (κ2) is 4.72. The fourth-order valence-corrected chi connectivity index (χ4v) is 2.46. The van der Waals surface area contributed by atoms with Crippen LogP contribution in [0.3, 0.4) is 0 Å². The van der Waals surface area contributed by atoms with Gasteiger partial charge in [0.25, 0.3) is 0 Å². The zero-order chi connectivity index (χ0) is 13.3. The van der Waals surface area contributed by atoms with E-state index < -0.39 is 0 Å². The molecule has 0 aromatic heterocycles. The molecule has 0 radical (unpaired) electrons. The number of benzene rings is 1. The van der Waals surface area contributed by atoms with Gasteiger partial charge in [-0.1, -0.05) is 26.0 Å². The van der Waals surface area contributed by atoms with E-state index in [2.05, 4.69) is 32.2 Å². The third kappa shape index (κ3) is 2.27. The molecular formula is C15H20N2O. The third-order valence-corrected chi connectivity index (χ3v) is 4.18. The highest BCUT2D eigenvalue weighted by Gasteiger charge is 2.47. The largest absolute Gasteiger partial charge is 0.392 e. The topological polar surface area (TPSA) is 56.0 Å². The lowest BCUT2D eigenvalue weighted by molar-refractivity contribution is -0.0754. The van der Waals surface area contributed by atoms with Crippen LogP contribution in [0.1, 0.15) is 44.4 Å². The fourth-order valence-electron chi connectivity index (χ4n) is 2.46. The zero-order valence-corrected chi connectivity index (χ0v) is 11.1. The SMILES string of the molecule is CC(NC1CC(O)C1(C)C)c1cccc(C#N)c1. The molecule has 3 atom stereocenters. The molecule has 1 saturated carbocycles. The van der Waals surface area contributed by atoms with Crippen molar-refractivity contribution in [2.75, 3.05) is 0 Å². The molecule has 0 bridgehead atoms. The van der Waals surface area contributed by atoms with Crippen molar-refractivity contribution in [2.45, 2.75) is 45.4 Å². The Labute approximate surface area is 108 Å². The molecular weight excluding hydrogens is 224 g/mol. The van der Waals surface area contributed by atoms with E-state index in [1.54, 1.807) is 0 Å². The zero-order valence-electron chi connectivity index (χ0n) is 11.1. The van der Waals surface area contributed by atoms with Crippen LogP contribution in [0.5, 0.6) is 0 Å². The first-order chi connectivity index (χ1) is 8.45. The highest BCUT2D eigenvalue weighted by atomic mass is 16.3. The smallest absolute Gasteiger partial charge is 0.0991 e. The van der Waals surface area contributed by atoms with Crippen LogP contribution in [-0.4, -0.2) is 17.3 Å². The minimum atomic E-state index is -0.215. The van der Waals surface area contributed by atoms with Crippen molar-refractivity contribution >= 4 is 0 Å². The van der Waals surface area contributed by atoms with Gasteiger partial charge in [-0.15, -0.1) is 0 Å². The van der Waals surface area contributed by atoms with Gasteiger partial charge in [0.15, 0.2) is 0 Å². The first kappa shape index (κ1) is 13.1. The maximum atomic E-state index is 9.73. The summed E-state index contributed by atoms with van der Waals surface area (Å²) in [4.78, 5) is 0. The predicted molar refractivity (Wildman–Crippen MR) is 70.9 cm³/mol. The molecule has 1 aliphatic carbocycles.